The van der Waals surface area contributed by atoms with Crippen LogP contribution in [0.25, 0.3) is 0 Å². The summed E-state index contributed by atoms with van der Waals surface area (Å²) in [6.07, 6.45) is 1.42. The first-order chi connectivity index (χ1) is 7.31. The topological polar surface area (TPSA) is 44.8 Å². The van der Waals surface area contributed by atoms with Crippen molar-refractivity contribution in [1.82, 2.24) is 0 Å². The first-order valence-corrected chi connectivity index (χ1v) is 5.85. The lowest BCUT2D eigenvalue weighted by Crippen LogP contribution is -2.12. The van der Waals surface area contributed by atoms with Gasteiger partial charge in [-0.3, -0.25) is 0 Å². The van der Waals surface area contributed by atoms with Crippen LogP contribution < -0.4 is 0 Å². The number of rotatable bonds is 7. The third kappa shape index (κ3) is 11.4. The Balaban J connectivity index is 3.19. The van der Waals surface area contributed by atoms with Crippen LogP contribution in [0.15, 0.2) is 0 Å². The molecule has 0 fully saturated rings. The molecule has 0 atom stereocenters. The molecule has 0 heterocycles. The normalized spacial score (nSPS) is 8.93. The van der Waals surface area contributed by atoms with Gasteiger partial charge in [-0.15, -0.1) is 0 Å². The average molecular weight is 326 g/mol. The Kier molecular flexibility index (Phi) is 11.2. The molecule has 0 saturated heterocycles. The molecule has 0 bridgehead atoms. The summed E-state index contributed by atoms with van der Waals surface area (Å²) in [6.45, 7) is 3.49. The van der Waals surface area contributed by atoms with Gasteiger partial charge in [0.05, 0.1) is 6.61 Å². The summed E-state index contributed by atoms with van der Waals surface area (Å²) in [4.78, 5) is 10.8. The van der Waals surface area contributed by atoms with Crippen LogP contribution in [-0.4, -0.2) is 32.6 Å². The van der Waals surface area contributed by atoms with Gasteiger partial charge in [0.15, 0.2) is 6.61 Å². The number of ether oxygens (including phenoxy) is 3. The number of hydrogen-bond donors (Lipinski definition) is 0. The molecule has 0 aliphatic heterocycles. The highest BCUT2D eigenvalue weighted by Crippen LogP contribution is 1.89. The Labute approximate surface area is 104 Å². The molecule has 0 aromatic heterocycles. The fourth-order valence-corrected chi connectivity index (χ4v) is 0.852. The summed E-state index contributed by atoms with van der Waals surface area (Å²) in [6, 6.07) is 0. The lowest BCUT2D eigenvalue weighted by molar-refractivity contribution is 0.0322. The molecule has 0 aliphatic carbocycles. The van der Waals surface area contributed by atoms with E-state index >= 15 is 0 Å². The van der Waals surface area contributed by atoms with Crippen molar-refractivity contribution in [2.75, 3.05) is 26.4 Å². The van der Waals surface area contributed by atoms with Crippen LogP contribution in [0.4, 0.5) is 4.79 Å². The van der Waals surface area contributed by atoms with Crippen molar-refractivity contribution < 1.29 is 19.0 Å². The van der Waals surface area contributed by atoms with Gasteiger partial charge in [-0.25, -0.2) is 4.79 Å². The van der Waals surface area contributed by atoms with E-state index in [0.29, 0.717) is 13.2 Å². The highest BCUT2D eigenvalue weighted by atomic mass is 127. The van der Waals surface area contributed by atoms with E-state index in [2.05, 4.69) is 21.5 Å². The number of halogens is 1. The zero-order chi connectivity index (χ0) is 11.4. The number of hydrogen-bond acceptors (Lipinski definition) is 4. The molecule has 15 heavy (non-hydrogen) atoms. The Morgan fingerprint density at radius 1 is 1.27 bits per heavy atom. The molecule has 4 nitrogen and oxygen atoms in total. The number of unbranched alkanes of at least 4 members (excludes halogenated alkanes) is 1. The highest BCUT2D eigenvalue weighted by molar-refractivity contribution is 14.1. The summed E-state index contributed by atoms with van der Waals surface area (Å²) in [7, 11) is 0. The Hall–Kier alpha value is -0.480. The van der Waals surface area contributed by atoms with Crippen molar-refractivity contribution in [2.24, 2.45) is 0 Å². The smallest absolute Gasteiger partial charge is 0.432 e. The van der Waals surface area contributed by atoms with Crippen LogP contribution in [-0.2, 0) is 14.2 Å². The lowest BCUT2D eigenvalue weighted by Gasteiger charge is -2.04. The molecule has 0 aliphatic rings. The van der Waals surface area contributed by atoms with Gasteiger partial charge in [0.2, 0.25) is 0 Å². The quantitative estimate of drug-likeness (QED) is 0.312. The fraction of sp³-hybridized carbons (Fsp3) is 0.700. The van der Waals surface area contributed by atoms with Gasteiger partial charge < -0.3 is 14.2 Å². The van der Waals surface area contributed by atoms with Crippen LogP contribution in [0.3, 0.4) is 0 Å². The van der Waals surface area contributed by atoms with Gasteiger partial charge in [0, 0.05) is 29.2 Å². The third-order valence-corrected chi connectivity index (χ3v) is 1.80. The molecule has 0 radical (unpaired) electrons. The van der Waals surface area contributed by atoms with Gasteiger partial charge in [-0.1, -0.05) is 19.3 Å². The van der Waals surface area contributed by atoms with Crippen LogP contribution in [0, 0.1) is 9.85 Å². The molecule has 0 N–H and O–H groups in total. The molecule has 0 rings (SSSR count). The zero-order valence-corrected chi connectivity index (χ0v) is 10.9. The summed E-state index contributed by atoms with van der Waals surface area (Å²) in [5, 5.41) is 0. The molecule has 0 amide bonds. The van der Waals surface area contributed by atoms with Gasteiger partial charge >= 0.3 is 6.16 Å². The van der Waals surface area contributed by atoms with Gasteiger partial charge in [-0.05, 0) is 10.3 Å². The van der Waals surface area contributed by atoms with Crippen molar-refractivity contribution >= 4 is 28.7 Å². The molecular weight excluding hydrogens is 311 g/mol. The van der Waals surface area contributed by atoms with Crippen molar-refractivity contribution in [2.45, 2.75) is 19.8 Å². The highest BCUT2D eigenvalue weighted by Gasteiger charge is 2.01. The second-order valence-electron chi connectivity index (χ2n) is 2.62. The van der Waals surface area contributed by atoms with Crippen LogP contribution in [0.1, 0.15) is 19.8 Å². The van der Waals surface area contributed by atoms with E-state index in [0.717, 1.165) is 12.8 Å². The average Bonchev–Trinajstić information content (AvgIpc) is 2.23. The van der Waals surface area contributed by atoms with E-state index < -0.39 is 6.16 Å². The summed E-state index contributed by atoms with van der Waals surface area (Å²) in [5.74, 6) is 2.58. The van der Waals surface area contributed by atoms with E-state index in [-0.39, 0.29) is 13.2 Å². The number of carbonyl (C=O) groups is 1. The molecule has 0 spiro atoms. The predicted octanol–water partition coefficient (Wildman–Crippen LogP) is 2.35. The van der Waals surface area contributed by atoms with Crippen molar-refractivity contribution in [3.63, 3.8) is 0 Å². The largest absolute Gasteiger partial charge is 0.509 e. The molecule has 0 aromatic carbocycles. The van der Waals surface area contributed by atoms with Crippen LogP contribution >= 0.6 is 22.6 Å². The maximum atomic E-state index is 10.8. The molecular formula is C10H15IO4. The molecule has 0 unspecified atom stereocenters. The maximum Gasteiger partial charge on any atom is 0.509 e. The monoisotopic (exact) mass is 326 g/mol. The second kappa shape index (κ2) is 11.6. The fourth-order valence-electron chi connectivity index (χ4n) is 0.696. The minimum Gasteiger partial charge on any atom is -0.432 e. The first-order valence-electron chi connectivity index (χ1n) is 4.77. The molecule has 86 valence electrons. The van der Waals surface area contributed by atoms with Crippen molar-refractivity contribution in [3.8, 4) is 9.85 Å². The van der Waals surface area contributed by atoms with E-state index in [9.17, 15) is 4.79 Å². The maximum absolute atomic E-state index is 10.8. The minimum atomic E-state index is -0.701. The Morgan fingerprint density at radius 3 is 2.73 bits per heavy atom. The predicted molar refractivity (Wildman–Crippen MR) is 64.8 cm³/mol. The van der Waals surface area contributed by atoms with Gasteiger partial charge in [0.25, 0.3) is 0 Å². The second-order valence-corrected chi connectivity index (χ2v) is 3.16. The van der Waals surface area contributed by atoms with Gasteiger partial charge in [0.1, 0.15) is 6.61 Å². The lowest BCUT2D eigenvalue weighted by atomic mass is 10.4. The molecule has 0 aromatic rings. The van der Waals surface area contributed by atoms with Gasteiger partial charge in [-0.2, -0.15) is 0 Å². The Bertz CT molecular complexity index is 219. The third-order valence-electron chi connectivity index (χ3n) is 1.42. The minimum absolute atomic E-state index is 0.0679. The van der Waals surface area contributed by atoms with E-state index in [1.165, 1.54) is 0 Å². The standard InChI is InChI=1S/C10H15IO4/c1-2-3-6-13-8-9-15-10(12)14-7-4-5-11/h2-3,6-9H2,1H3. The van der Waals surface area contributed by atoms with Crippen molar-refractivity contribution in [1.29, 1.82) is 0 Å². The number of carbonyl (C=O) groups excluding carboxylic acids is 1. The van der Waals surface area contributed by atoms with E-state index in [1.54, 1.807) is 0 Å². The van der Waals surface area contributed by atoms with Crippen molar-refractivity contribution in [3.05, 3.63) is 0 Å². The van der Waals surface area contributed by atoms with E-state index in [1.807, 2.05) is 22.6 Å². The Morgan fingerprint density at radius 2 is 2.07 bits per heavy atom. The summed E-state index contributed by atoms with van der Waals surface area (Å²) >= 11 is 1.87. The van der Waals surface area contributed by atoms with E-state index in [4.69, 9.17) is 9.47 Å². The summed E-state index contributed by atoms with van der Waals surface area (Å²) < 4.78 is 17.1. The van der Waals surface area contributed by atoms with Crippen LogP contribution in [0.2, 0.25) is 0 Å². The molecule has 5 heteroatoms. The SMILES string of the molecule is CCCCOCCOC(=O)OCC#CI. The summed E-state index contributed by atoms with van der Waals surface area (Å²) in [5.41, 5.74) is 0. The van der Waals surface area contributed by atoms with Crippen LogP contribution in [0.5, 0.6) is 0 Å². The molecule has 0 saturated carbocycles. The zero-order valence-electron chi connectivity index (χ0n) is 8.75. The first kappa shape index (κ1) is 14.5.